The molecule has 2 aromatic rings. The lowest BCUT2D eigenvalue weighted by molar-refractivity contribution is -0.119. The summed E-state index contributed by atoms with van der Waals surface area (Å²) in [5, 5.41) is 0.830. The van der Waals surface area contributed by atoms with Gasteiger partial charge in [-0.15, -0.1) is 11.8 Å². The molecular weight excluding hydrogens is 377 g/mol. The molecule has 0 fully saturated rings. The summed E-state index contributed by atoms with van der Waals surface area (Å²) in [5.74, 6) is -0.00310. The number of para-hydroxylation sites is 1. The zero-order chi connectivity index (χ0) is 18.1. The van der Waals surface area contributed by atoms with Crippen LogP contribution in [0, 0.1) is 6.92 Å². The minimum absolute atomic E-state index is 0.313. The van der Waals surface area contributed by atoms with Crippen molar-refractivity contribution in [2.45, 2.75) is 13.8 Å². The third kappa shape index (κ3) is 3.22. The molecule has 0 atom stereocenters. The van der Waals surface area contributed by atoms with Crippen LogP contribution in [0.4, 0.5) is 5.69 Å². The zero-order valence-electron chi connectivity index (χ0n) is 13.7. The highest BCUT2D eigenvalue weighted by Crippen LogP contribution is 2.41. The number of benzene rings is 2. The van der Waals surface area contributed by atoms with Crippen LogP contribution >= 0.6 is 35.0 Å². The molecule has 2 aromatic carbocycles. The Morgan fingerprint density at radius 2 is 1.76 bits per heavy atom. The Hall–Kier alpha value is -1.75. The number of amides is 2. The lowest BCUT2D eigenvalue weighted by Crippen LogP contribution is -2.31. The summed E-state index contributed by atoms with van der Waals surface area (Å²) < 4.78 is 0. The minimum Gasteiger partial charge on any atom is -0.268 e. The van der Waals surface area contributed by atoms with Crippen molar-refractivity contribution in [3.05, 3.63) is 68.5 Å². The standard InChI is InChI=1S/C19H15Cl2NO2S/c1-3-25-17-16(13-9-8-12(20)10-14(13)21)18(23)22(19(17)24)15-7-5-4-6-11(15)2/h4-10H,3H2,1-2H3. The smallest absolute Gasteiger partial charge is 0.268 e. The average molecular weight is 392 g/mol. The van der Waals surface area contributed by atoms with Gasteiger partial charge >= 0.3 is 0 Å². The maximum absolute atomic E-state index is 13.1. The van der Waals surface area contributed by atoms with Crippen LogP contribution in [0.1, 0.15) is 18.1 Å². The Morgan fingerprint density at radius 3 is 2.40 bits per heavy atom. The van der Waals surface area contributed by atoms with Crippen molar-refractivity contribution in [3.63, 3.8) is 0 Å². The summed E-state index contributed by atoms with van der Waals surface area (Å²) in [7, 11) is 0. The third-order valence-electron chi connectivity index (χ3n) is 3.89. The van der Waals surface area contributed by atoms with E-state index in [1.807, 2.05) is 32.0 Å². The van der Waals surface area contributed by atoms with Crippen molar-refractivity contribution in [2.75, 3.05) is 10.7 Å². The van der Waals surface area contributed by atoms with Crippen LogP contribution in [-0.4, -0.2) is 17.6 Å². The molecule has 6 heteroatoms. The van der Waals surface area contributed by atoms with Gasteiger partial charge in [0.25, 0.3) is 11.8 Å². The quantitative estimate of drug-likeness (QED) is 0.660. The average Bonchev–Trinajstić information content (AvgIpc) is 2.80. The van der Waals surface area contributed by atoms with Gasteiger partial charge in [0, 0.05) is 10.6 Å². The second kappa shape index (κ2) is 7.24. The molecule has 0 radical (unpaired) electrons. The van der Waals surface area contributed by atoms with Crippen LogP contribution in [0.15, 0.2) is 47.4 Å². The Labute approximate surface area is 160 Å². The maximum atomic E-state index is 13.1. The van der Waals surface area contributed by atoms with Gasteiger partial charge in [-0.05, 0) is 36.4 Å². The molecule has 3 nitrogen and oxygen atoms in total. The summed E-state index contributed by atoms with van der Waals surface area (Å²) in [5.41, 5.74) is 2.30. The van der Waals surface area contributed by atoms with Crippen molar-refractivity contribution < 1.29 is 9.59 Å². The Balaban J connectivity index is 2.16. The van der Waals surface area contributed by atoms with Crippen LogP contribution in [0.5, 0.6) is 0 Å². The molecule has 0 aromatic heterocycles. The molecule has 0 aliphatic carbocycles. The van der Waals surface area contributed by atoms with E-state index in [4.69, 9.17) is 23.2 Å². The van der Waals surface area contributed by atoms with Crippen molar-refractivity contribution in [1.82, 2.24) is 0 Å². The SMILES string of the molecule is CCSC1=C(c2ccc(Cl)cc2Cl)C(=O)N(c2ccccc2C)C1=O. The van der Waals surface area contributed by atoms with Crippen LogP contribution < -0.4 is 4.90 Å². The van der Waals surface area contributed by atoms with E-state index in [1.165, 1.54) is 16.7 Å². The Morgan fingerprint density at radius 1 is 1.04 bits per heavy atom. The van der Waals surface area contributed by atoms with Gasteiger partial charge in [-0.3, -0.25) is 9.59 Å². The molecule has 0 N–H and O–H groups in total. The van der Waals surface area contributed by atoms with E-state index in [-0.39, 0.29) is 11.8 Å². The number of carbonyl (C=O) groups excluding carboxylic acids is 2. The van der Waals surface area contributed by atoms with Crippen LogP contribution in [0.25, 0.3) is 5.57 Å². The molecule has 0 spiro atoms. The van der Waals surface area contributed by atoms with Crippen LogP contribution in [0.3, 0.4) is 0 Å². The topological polar surface area (TPSA) is 37.4 Å². The molecule has 1 aliphatic heterocycles. The fraction of sp³-hybridized carbons (Fsp3) is 0.158. The molecular formula is C19H15Cl2NO2S. The lowest BCUT2D eigenvalue weighted by Gasteiger charge is -2.17. The fourth-order valence-corrected chi connectivity index (χ4v) is 4.10. The maximum Gasteiger partial charge on any atom is 0.272 e. The van der Waals surface area contributed by atoms with Gasteiger partial charge in [0.2, 0.25) is 0 Å². The van der Waals surface area contributed by atoms with Crippen molar-refractivity contribution in [3.8, 4) is 0 Å². The number of anilines is 1. The van der Waals surface area contributed by atoms with E-state index in [1.54, 1.807) is 24.3 Å². The fourth-order valence-electron chi connectivity index (χ4n) is 2.75. The summed E-state index contributed by atoms with van der Waals surface area (Å²) >= 11 is 13.6. The number of thioether (sulfide) groups is 1. The number of imide groups is 1. The summed E-state index contributed by atoms with van der Waals surface area (Å²) in [6.45, 7) is 3.81. The molecule has 2 amide bonds. The van der Waals surface area contributed by atoms with Crippen molar-refractivity contribution in [1.29, 1.82) is 0 Å². The monoisotopic (exact) mass is 391 g/mol. The first-order valence-electron chi connectivity index (χ1n) is 7.72. The van der Waals surface area contributed by atoms with Gasteiger partial charge < -0.3 is 0 Å². The second-order valence-electron chi connectivity index (χ2n) is 5.49. The number of hydrogen-bond donors (Lipinski definition) is 0. The highest BCUT2D eigenvalue weighted by atomic mass is 35.5. The van der Waals surface area contributed by atoms with Gasteiger partial charge in [0.1, 0.15) is 0 Å². The molecule has 25 heavy (non-hydrogen) atoms. The molecule has 0 bridgehead atoms. The summed E-state index contributed by atoms with van der Waals surface area (Å²) in [4.78, 5) is 27.8. The van der Waals surface area contributed by atoms with E-state index in [2.05, 4.69) is 0 Å². The van der Waals surface area contributed by atoms with Gasteiger partial charge in [-0.2, -0.15) is 0 Å². The Bertz CT molecular complexity index is 908. The van der Waals surface area contributed by atoms with E-state index in [9.17, 15) is 9.59 Å². The number of hydrogen-bond acceptors (Lipinski definition) is 3. The van der Waals surface area contributed by atoms with Crippen molar-refractivity contribution >= 4 is 58.0 Å². The van der Waals surface area contributed by atoms with Gasteiger partial charge in [-0.25, -0.2) is 4.90 Å². The predicted octanol–water partition coefficient (Wildman–Crippen LogP) is 5.34. The van der Waals surface area contributed by atoms with E-state index in [0.717, 1.165) is 5.56 Å². The van der Waals surface area contributed by atoms with E-state index in [0.29, 0.717) is 37.5 Å². The Kier molecular flexibility index (Phi) is 5.23. The summed E-state index contributed by atoms with van der Waals surface area (Å²) in [6.07, 6.45) is 0. The van der Waals surface area contributed by atoms with Gasteiger partial charge in [0.05, 0.1) is 21.2 Å². The largest absolute Gasteiger partial charge is 0.272 e. The third-order valence-corrected chi connectivity index (χ3v) is 5.39. The molecule has 0 saturated carbocycles. The van der Waals surface area contributed by atoms with Gasteiger partial charge in [-0.1, -0.05) is 54.4 Å². The second-order valence-corrected chi connectivity index (χ2v) is 7.61. The van der Waals surface area contributed by atoms with E-state index >= 15 is 0 Å². The van der Waals surface area contributed by atoms with Gasteiger partial charge in [0.15, 0.2) is 0 Å². The highest BCUT2D eigenvalue weighted by molar-refractivity contribution is 8.04. The number of nitrogens with zero attached hydrogens (tertiary/aromatic N) is 1. The zero-order valence-corrected chi connectivity index (χ0v) is 16.0. The molecule has 3 rings (SSSR count). The van der Waals surface area contributed by atoms with E-state index < -0.39 is 0 Å². The predicted molar refractivity (Wildman–Crippen MR) is 105 cm³/mol. The number of rotatable bonds is 4. The lowest BCUT2D eigenvalue weighted by atomic mass is 10.1. The van der Waals surface area contributed by atoms with Crippen LogP contribution in [-0.2, 0) is 9.59 Å². The molecule has 128 valence electrons. The first-order valence-corrected chi connectivity index (χ1v) is 9.46. The first-order chi connectivity index (χ1) is 12.0. The van der Waals surface area contributed by atoms with Crippen molar-refractivity contribution in [2.24, 2.45) is 0 Å². The summed E-state index contributed by atoms with van der Waals surface area (Å²) in [6, 6.07) is 12.2. The number of halogens is 2. The molecule has 1 aliphatic rings. The number of carbonyl (C=O) groups is 2. The molecule has 0 saturated heterocycles. The first kappa shape index (κ1) is 18.1. The highest BCUT2D eigenvalue weighted by Gasteiger charge is 2.41. The molecule has 0 unspecified atom stereocenters. The number of aryl methyl sites for hydroxylation is 1. The normalized spacial score (nSPS) is 14.6. The minimum atomic E-state index is -0.362. The molecule has 1 heterocycles. The van der Waals surface area contributed by atoms with Crippen LogP contribution in [0.2, 0.25) is 10.0 Å².